The van der Waals surface area contributed by atoms with Crippen LogP contribution >= 0.6 is 0 Å². The van der Waals surface area contributed by atoms with Crippen LogP contribution in [0.4, 0.5) is 4.39 Å². The number of nitrogens with zero attached hydrogens (tertiary/aromatic N) is 1. The zero-order valence-corrected chi connectivity index (χ0v) is 11.6. The van der Waals surface area contributed by atoms with Gasteiger partial charge in [0, 0.05) is 17.8 Å². The number of hydrogen-bond donors (Lipinski definition) is 0. The van der Waals surface area contributed by atoms with Crippen molar-refractivity contribution < 1.29 is 4.39 Å². The van der Waals surface area contributed by atoms with Crippen LogP contribution in [0, 0.1) is 12.7 Å². The van der Waals surface area contributed by atoms with Crippen LogP contribution in [-0.4, -0.2) is 4.57 Å². The van der Waals surface area contributed by atoms with Gasteiger partial charge >= 0.3 is 0 Å². The number of halogens is 1. The number of aromatic nitrogens is 1. The van der Waals surface area contributed by atoms with Gasteiger partial charge in [0.2, 0.25) is 0 Å². The van der Waals surface area contributed by atoms with Crippen molar-refractivity contribution in [2.24, 2.45) is 0 Å². The van der Waals surface area contributed by atoms with Crippen molar-refractivity contribution >= 4 is 0 Å². The minimum atomic E-state index is -0.414. The van der Waals surface area contributed by atoms with Crippen molar-refractivity contribution in [2.75, 3.05) is 0 Å². The molecule has 0 radical (unpaired) electrons. The fraction of sp³-hybridized carbons (Fsp3) is 0.0556. The summed E-state index contributed by atoms with van der Waals surface area (Å²) in [6.07, 6.45) is 1.70. The Hall–Kier alpha value is -2.68. The van der Waals surface area contributed by atoms with Crippen LogP contribution in [0.5, 0.6) is 0 Å². The van der Waals surface area contributed by atoms with Gasteiger partial charge in [-0.15, -0.1) is 0 Å². The second-order valence-electron chi connectivity index (χ2n) is 4.90. The number of hydrogen-bond acceptors (Lipinski definition) is 1. The fourth-order valence-electron chi connectivity index (χ4n) is 2.38. The second-order valence-corrected chi connectivity index (χ2v) is 4.90. The summed E-state index contributed by atoms with van der Waals surface area (Å²) in [5, 5.41) is 0. The minimum Gasteiger partial charge on any atom is -0.281 e. The van der Waals surface area contributed by atoms with Crippen LogP contribution in [0.1, 0.15) is 5.56 Å². The third kappa shape index (κ3) is 2.50. The molecule has 0 saturated carbocycles. The lowest BCUT2D eigenvalue weighted by atomic mass is 10.0. The third-order valence-corrected chi connectivity index (χ3v) is 3.46. The molecule has 0 atom stereocenters. The molecule has 21 heavy (non-hydrogen) atoms. The van der Waals surface area contributed by atoms with E-state index in [0.29, 0.717) is 0 Å². The summed E-state index contributed by atoms with van der Waals surface area (Å²) < 4.78 is 15.3. The van der Waals surface area contributed by atoms with E-state index in [9.17, 15) is 9.18 Å². The lowest BCUT2D eigenvalue weighted by molar-refractivity contribution is 0.616. The van der Waals surface area contributed by atoms with Crippen molar-refractivity contribution in [1.82, 2.24) is 4.57 Å². The molecular weight excluding hydrogens is 265 g/mol. The second kappa shape index (κ2) is 5.37. The van der Waals surface area contributed by atoms with Crippen LogP contribution in [0.25, 0.3) is 16.8 Å². The molecule has 0 saturated heterocycles. The number of para-hydroxylation sites is 1. The molecule has 1 heterocycles. The Morgan fingerprint density at radius 3 is 2.33 bits per heavy atom. The van der Waals surface area contributed by atoms with Crippen molar-refractivity contribution in [2.45, 2.75) is 6.92 Å². The predicted octanol–water partition coefficient (Wildman–Crippen LogP) is 3.95. The summed E-state index contributed by atoms with van der Waals surface area (Å²) in [6, 6.07) is 17.6. The molecule has 0 spiro atoms. The topological polar surface area (TPSA) is 22.0 Å². The molecule has 0 fully saturated rings. The van der Waals surface area contributed by atoms with Gasteiger partial charge in [0.05, 0.1) is 5.69 Å². The van der Waals surface area contributed by atoms with Gasteiger partial charge in [0.15, 0.2) is 0 Å². The van der Waals surface area contributed by atoms with E-state index in [-0.39, 0.29) is 11.2 Å². The molecule has 0 aliphatic rings. The Bertz CT molecular complexity index is 837. The first-order chi connectivity index (χ1) is 10.2. The van der Waals surface area contributed by atoms with Crippen LogP contribution in [0.3, 0.4) is 0 Å². The molecule has 0 aliphatic carbocycles. The van der Waals surface area contributed by atoms with Crippen LogP contribution in [0.15, 0.2) is 71.7 Å². The Morgan fingerprint density at radius 1 is 0.952 bits per heavy atom. The molecule has 0 aliphatic heterocycles. The molecule has 2 aromatic carbocycles. The molecule has 2 nitrogen and oxygen atoms in total. The highest BCUT2D eigenvalue weighted by atomic mass is 19.1. The highest BCUT2D eigenvalue weighted by molar-refractivity contribution is 5.66. The van der Waals surface area contributed by atoms with Crippen molar-refractivity contribution in [3.8, 4) is 16.8 Å². The quantitative estimate of drug-likeness (QED) is 0.696. The van der Waals surface area contributed by atoms with Gasteiger partial charge in [0.1, 0.15) is 5.82 Å². The molecular formula is C18H14FNO. The lowest BCUT2D eigenvalue weighted by Gasteiger charge is -2.12. The molecule has 3 rings (SSSR count). The van der Waals surface area contributed by atoms with Gasteiger partial charge < -0.3 is 0 Å². The molecule has 104 valence electrons. The van der Waals surface area contributed by atoms with E-state index in [0.717, 1.165) is 16.7 Å². The zero-order valence-electron chi connectivity index (χ0n) is 11.6. The van der Waals surface area contributed by atoms with E-state index in [4.69, 9.17) is 0 Å². The first-order valence-electron chi connectivity index (χ1n) is 6.70. The summed E-state index contributed by atoms with van der Waals surface area (Å²) in [5.74, 6) is -0.414. The largest absolute Gasteiger partial charge is 0.281 e. The van der Waals surface area contributed by atoms with Gasteiger partial charge in [-0.2, -0.15) is 0 Å². The van der Waals surface area contributed by atoms with Crippen molar-refractivity contribution in [3.63, 3.8) is 0 Å². The molecule has 1 aromatic heterocycles. The first kappa shape index (κ1) is 13.3. The average Bonchev–Trinajstić information content (AvgIpc) is 2.49. The normalized spacial score (nSPS) is 10.6. The van der Waals surface area contributed by atoms with Crippen LogP contribution < -0.4 is 5.56 Å². The maximum absolute atomic E-state index is 13.9. The van der Waals surface area contributed by atoms with E-state index in [1.165, 1.54) is 16.7 Å². The zero-order chi connectivity index (χ0) is 14.8. The Labute approximate surface area is 122 Å². The SMILES string of the molecule is Cc1cc(=O)n(-c2ccccc2F)cc1-c1ccccc1. The number of aryl methyl sites for hydroxylation is 1. The summed E-state index contributed by atoms with van der Waals surface area (Å²) >= 11 is 0. The Kier molecular flexibility index (Phi) is 3.40. The number of benzene rings is 2. The van der Waals surface area contributed by atoms with E-state index in [1.54, 1.807) is 24.4 Å². The van der Waals surface area contributed by atoms with Gasteiger partial charge in [-0.3, -0.25) is 9.36 Å². The van der Waals surface area contributed by atoms with E-state index in [1.807, 2.05) is 37.3 Å². The monoisotopic (exact) mass is 279 g/mol. The van der Waals surface area contributed by atoms with Crippen molar-refractivity contribution in [1.29, 1.82) is 0 Å². The molecule has 0 amide bonds. The maximum atomic E-state index is 13.9. The number of pyridine rings is 1. The standard InChI is InChI=1S/C18H14FNO/c1-13-11-18(21)20(17-10-6-5-9-16(17)19)12-15(13)14-7-3-2-4-8-14/h2-12H,1H3. The van der Waals surface area contributed by atoms with Crippen LogP contribution in [0.2, 0.25) is 0 Å². The lowest BCUT2D eigenvalue weighted by Crippen LogP contribution is -2.18. The molecule has 3 aromatic rings. The summed E-state index contributed by atoms with van der Waals surface area (Å²) in [6.45, 7) is 1.88. The highest BCUT2D eigenvalue weighted by Crippen LogP contribution is 2.23. The molecule has 0 N–H and O–H groups in total. The van der Waals surface area contributed by atoms with Crippen LogP contribution in [-0.2, 0) is 0 Å². The van der Waals surface area contributed by atoms with Gasteiger partial charge in [-0.1, -0.05) is 42.5 Å². The fourth-order valence-corrected chi connectivity index (χ4v) is 2.38. The smallest absolute Gasteiger partial charge is 0.255 e. The first-order valence-corrected chi connectivity index (χ1v) is 6.70. The molecule has 3 heteroatoms. The molecule has 0 bridgehead atoms. The third-order valence-electron chi connectivity index (χ3n) is 3.46. The van der Waals surface area contributed by atoms with Gasteiger partial charge in [-0.25, -0.2) is 4.39 Å². The van der Waals surface area contributed by atoms with E-state index < -0.39 is 5.82 Å². The average molecular weight is 279 g/mol. The van der Waals surface area contributed by atoms with E-state index >= 15 is 0 Å². The summed E-state index contributed by atoms with van der Waals surface area (Å²) in [7, 11) is 0. The van der Waals surface area contributed by atoms with E-state index in [2.05, 4.69) is 0 Å². The van der Waals surface area contributed by atoms with Gasteiger partial charge in [0.25, 0.3) is 5.56 Å². The summed E-state index contributed by atoms with van der Waals surface area (Å²) in [4.78, 5) is 12.2. The highest BCUT2D eigenvalue weighted by Gasteiger charge is 2.09. The maximum Gasteiger partial charge on any atom is 0.255 e. The predicted molar refractivity (Wildman–Crippen MR) is 82.2 cm³/mol. The summed E-state index contributed by atoms with van der Waals surface area (Å²) in [5.41, 5.74) is 2.81. The Morgan fingerprint density at radius 2 is 1.62 bits per heavy atom. The van der Waals surface area contributed by atoms with Gasteiger partial charge in [-0.05, 0) is 30.2 Å². The minimum absolute atomic E-state index is 0.239. The Balaban J connectivity index is 2.25. The van der Waals surface area contributed by atoms with Crippen molar-refractivity contribution in [3.05, 3.63) is 88.6 Å². The molecule has 0 unspecified atom stereocenters. The number of rotatable bonds is 2.